The second-order valence-electron chi connectivity index (χ2n) is 17.9. The van der Waals surface area contributed by atoms with Crippen LogP contribution in [0.4, 0.5) is 0 Å². The fourth-order valence-electron chi connectivity index (χ4n) is 8.22. The summed E-state index contributed by atoms with van der Waals surface area (Å²) in [6.45, 7) is 10.5. The van der Waals surface area contributed by atoms with Crippen LogP contribution in [0.1, 0.15) is 27.8 Å². The zero-order valence-electron chi connectivity index (χ0n) is 45.1. The molecule has 0 aliphatic rings. The van der Waals surface area contributed by atoms with Crippen LogP contribution >= 0.6 is 0 Å². The van der Waals surface area contributed by atoms with Crippen LogP contribution in [0.15, 0.2) is 262 Å². The van der Waals surface area contributed by atoms with Crippen molar-refractivity contribution in [3.05, 3.63) is 320 Å². The molecule has 5 nitrogen and oxygen atoms in total. The van der Waals surface area contributed by atoms with Crippen molar-refractivity contribution in [3.63, 3.8) is 0 Å². The summed E-state index contributed by atoms with van der Waals surface area (Å²) in [5.74, 6) is 0. The summed E-state index contributed by atoms with van der Waals surface area (Å²) in [6, 6.07) is 92.4. The van der Waals surface area contributed by atoms with Crippen LogP contribution in [-0.2, 0) is 60.3 Å². The molecule has 0 aliphatic carbocycles. The fourth-order valence-corrected chi connectivity index (χ4v) is 8.22. The first-order valence-electron chi connectivity index (χ1n) is 25.5. The van der Waals surface area contributed by atoms with Crippen molar-refractivity contribution in [2.24, 2.45) is 0 Å². The van der Waals surface area contributed by atoms with Crippen molar-refractivity contribution in [2.75, 3.05) is 0 Å². The molecule has 0 saturated heterocycles. The van der Waals surface area contributed by atoms with Gasteiger partial charge in [0.1, 0.15) is 0 Å². The maximum Gasteiger partial charge on any atom is 0.0242 e. The topological polar surface area (TPSA) is 64.5 Å². The molecular formula is C72H58Ir3N5-5. The van der Waals surface area contributed by atoms with E-state index in [2.05, 4.69) is 144 Å². The van der Waals surface area contributed by atoms with Crippen molar-refractivity contribution in [3.8, 4) is 78.5 Å². The number of nitrogens with zero attached hydrogens (tertiary/aromatic N) is 5. The van der Waals surface area contributed by atoms with E-state index in [1.54, 1.807) is 18.6 Å². The van der Waals surface area contributed by atoms with Crippen LogP contribution in [-0.4, -0.2) is 24.9 Å². The molecule has 0 unspecified atom stereocenters. The van der Waals surface area contributed by atoms with Crippen LogP contribution in [0.5, 0.6) is 0 Å². The molecule has 0 bridgehead atoms. The monoisotopic (exact) mass is 1570 g/mol. The fraction of sp³-hybridized carbons (Fsp3) is 0.0694. The van der Waals surface area contributed by atoms with Crippen LogP contribution in [0.2, 0.25) is 0 Å². The molecule has 0 fully saturated rings. The third-order valence-corrected chi connectivity index (χ3v) is 12.2. The SMILES string of the molecule is Cc1cc(-c2[c-]cccc2)ncc1-c1ccccc1.Cc1cc(-c2[c-]cccc2)ncc1-c1ccccc1.Cc1cc[c-]c(-c2ccccn2)c1.Cc1ccc[c-]c1-c1ccccn1.Cc1ccc[c-]c1-c1ccccn1.[Ir].[Ir].[Ir]. The van der Waals surface area contributed by atoms with Gasteiger partial charge in [-0.2, -0.15) is 0 Å². The van der Waals surface area contributed by atoms with Gasteiger partial charge in [0, 0.05) is 102 Å². The molecule has 0 amide bonds. The predicted octanol–water partition coefficient (Wildman–Crippen LogP) is 17.6. The van der Waals surface area contributed by atoms with Gasteiger partial charge in [0.05, 0.1) is 0 Å². The molecule has 12 aromatic rings. The first-order chi connectivity index (χ1) is 37.8. The van der Waals surface area contributed by atoms with E-state index in [-0.39, 0.29) is 60.3 Å². The molecule has 0 saturated carbocycles. The predicted molar refractivity (Wildman–Crippen MR) is 317 cm³/mol. The van der Waals surface area contributed by atoms with Gasteiger partial charge < -0.3 is 24.9 Å². The van der Waals surface area contributed by atoms with Gasteiger partial charge in [0.25, 0.3) is 0 Å². The molecule has 0 N–H and O–H groups in total. The first-order valence-corrected chi connectivity index (χ1v) is 25.5. The Labute approximate surface area is 513 Å². The van der Waals surface area contributed by atoms with Crippen molar-refractivity contribution in [1.82, 2.24) is 24.9 Å². The first kappa shape index (κ1) is 63.1. The number of hydrogen-bond donors (Lipinski definition) is 0. The Morgan fingerprint density at radius 2 is 0.662 bits per heavy atom. The Kier molecular flexibility index (Phi) is 26.5. The van der Waals surface area contributed by atoms with E-state index in [1.165, 1.54) is 50.1 Å². The van der Waals surface area contributed by atoms with Gasteiger partial charge in [-0.15, -0.1) is 178 Å². The molecule has 80 heavy (non-hydrogen) atoms. The molecule has 403 valence electrons. The maximum atomic E-state index is 4.55. The van der Waals surface area contributed by atoms with Gasteiger partial charge in [0.15, 0.2) is 0 Å². The molecular weight excluding hydrogens is 1510 g/mol. The summed E-state index contributed by atoms with van der Waals surface area (Å²) < 4.78 is 0. The molecule has 5 heterocycles. The Hall–Kier alpha value is -7.76. The molecule has 0 aliphatic heterocycles. The van der Waals surface area contributed by atoms with E-state index in [9.17, 15) is 0 Å². The smallest absolute Gasteiger partial charge is 0.0242 e. The minimum absolute atomic E-state index is 0. The van der Waals surface area contributed by atoms with Crippen LogP contribution in [0.25, 0.3) is 78.5 Å². The third kappa shape index (κ3) is 18.7. The normalized spacial score (nSPS) is 9.76. The van der Waals surface area contributed by atoms with E-state index in [4.69, 9.17) is 0 Å². The summed E-state index contributed by atoms with van der Waals surface area (Å²) in [5.41, 5.74) is 21.1. The number of aryl methyl sites for hydroxylation is 5. The van der Waals surface area contributed by atoms with E-state index >= 15 is 0 Å². The summed E-state index contributed by atoms with van der Waals surface area (Å²) >= 11 is 0. The number of benzene rings is 7. The Balaban J connectivity index is 0.000000184. The minimum atomic E-state index is 0. The van der Waals surface area contributed by atoms with Crippen molar-refractivity contribution >= 4 is 0 Å². The molecule has 7 aromatic carbocycles. The van der Waals surface area contributed by atoms with Crippen molar-refractivity contribution < 1.29 is 60.3 Å². The molecule has 5 aromatic heterocycles. The van der Waals surface area contributed by atoms with Gasteiger partial charge in [-0.05, 0) is 82.8 Å². The van der Waals surface area contributed by atoms with E-state index in [0.29, 0.717) is 0 Å². The summed E-state index contributed by atoms with van der Waals surface area (Å²) in [4.78, 5) is 21.9. The van der Waals surface area contributed by atoms with E-state index in [0.717, 1.165) is 56.3 Å². The Bertz CT molecular complexity index is 3460. The van der Waals surface area contributed by atoms with E-state index < -0.39 is 0 Å². The van der Waals surface area contributed by atoms with Crippen LogP contribution in [0, 0.1) is 65.0 Å². The number of pyridine rings is 5. The second-order valence-corrected chi connectivity index (χ2v) is 17.9. The Morgan fingerprint density at radius 3 is 1.02 bits per heavy atom. The van der Waals surface area contributed by atoms with Crippen molar-refractivity contribution in [1.29, 1.82) is 0 Å². The standard InChI is InChI=1S/2C18H14N.3C12H10N.3Ir/c2*1-14-12-18(16-10-6-3-7-11-16)19-13-17(14)15-8-4-2-5-9-15;1-10-5-4-6-11(9-10)12-7-2-3-8-13-12;2*1-10-6-2-3-7-11(10)12-8-4-5-9-13-12;;;/h2*2-10,12-13H,1H3;2-5,7-9H,1H3;2*2-6,8-9H,1H3;;;/q5*-1;;;. The zero-order chi connectivity index (χ0) is 53.4. The van der Waals surface area contributed by atoms with Crippen LogP contribution in [0.3, 0.4) is 0 Å². The summed E-state index contributed by atoms with van der Waals surface area (Å²) in [7, 11) is 0. The van der Waals surface area contributed by atoms with Gasteiger partial charge in [-0.1, -0.05) is 130 Å². The zero-order valence-corrected chi connectivity index (χ0v) is 52.2. The van der Waals surface area contributed by atoms with Gasteiger partial charge in [-0.3, -0.25) is 0 Å². The molecule has 12 rings (SSSR count). The van der Waals surface area contributed by atoms with Crippen LogP contribution < -0.4 is 0 Å². The Morgan fingerprint density at radius 1 is 0.275 bits per heavy atom. The average molecular weight is 1570 g/mol. The van der Waals surface area contributed by atoms with Gasteiger partial charge in [0.2, 0.25) is 0 Å². The summed E-state index contributed by atoms with van der Waals surface area (Å²) in [5, 5.41) is 0. The quantitative estimate of drug-likeness (QED) is 0.149. The minimum Gasteiger partial charge on any atom is -0.305 e. The average Bonchev–Trinajstić information content (AvgIpc) is 3.51. The van der Waals surface area contributed by atoms with Gasteiger partial charge in [-0.25, -0.2) is 0 Å². The second kappa shape index (κ2) is 33.6. The largest absolute Gasteiger partial charge is 0.305 e. The van der Waals surface area contributed by atoms with Crippen molar-refractivity contribution in [2.45, 2.75) is 34.6 Å². The van der Waals surface area contributed by atoms with Gasteiger partial charge >= 0.3 is 0 Å². The summed E-state index contributed by atoms with van der Waals surface area (Å²) in [6.07, 6.45) is 9.29. The maximum absolute atomic E-state index is 4.55. The molecule has 3 radical (unpaired) electrons. The number of rotatable bonds is 7. The molecule has 8 heteroatoms. The van der Waals surface area contributed by atoms with E-state index in [1.807, 2.05) is 188 Å². The molecule has 0 spiro atoms. The third-order valence-electron chi connectivity index (χ3n) is 12.2. The molecule has 0 atom stereocenters. The number of hydrogen-bond acceptors (Lipinski definition) is 5. The number of aromatic nitrogens is 5.